The molecule has 0 spiro atoms. The molecule has 5 aromatic rings. The van der Waals surface area contributed by atoms with Gasteiger partial charge in [-0.2, -0.15) is 10.1 Å². The predicted molar refractivity (Wildman–Crippen MR) is 196 cm³/mol. The maximum Gasteiger partial charge on any atom is 0.410 e. The summed E-state index contributed by atoms with van der Waals surface area (Å²) in [6, 6.07) is 7.83. The maximum absolute atomic E-state index is 13.4. The molecule has 0 radical (unpaired) electrons. The summed E-state index contributed by atoms with van der Waals surface area (Å²) in [6.45, 7) is 13.4. The van der Waals surface area contributed by atoms with Gasteiger partial charge in [-0.1, -0.05) is 11.6 Å². The lowest BCUT2D eigenvalue weighted by molar-refractivity contribution is 0.0240. The fourth-order valence-electron chi connectivity index (χ4n) is 5.77. The number of amides is 1. The van der Waals surface area contributed by atoms with Crippen LogP contribution in [0, 0.1) is 6.92 Å². The number of carbonyl (C=O) groups is 1. The molecule has 1 saturated heterocycles. The van der Waals surface area contributed by atoms with E-state index in [9.17, 15) is 9.36 Å². The highest BCUT2D eigenvalue weighted by atomic mass is 35.5. The van der Waals surface area contributed by atoms with Crippen LogP contribution in [0.4, 0.5) is 33.6 Å². The number of fused-ring (bicyclic) bond motifs is 1. The van der Waals surface area contributed by atoms with Gasteiger partial charge in [0.25, 0.3) is 0 Å². The van der Waals surface area contributed by atoms with Gasteiger partial charge < -0.3 is 29.7 Å². The fourth-order valence-corrected chi connectivity index (χ4v) is 7.30. The third kappa shape index (κ3) is 7.63. The number of rotatable bonds is 7. The zero-order valence-electron chi connectivity index (χ0n) is 28.7. The molecule has 49 heavy (non-hydrogen) atoms. The van der Waals surface area contributed by atoms with Gasteiger partial charge >= 0.3 is 6.09 Å². The van der Waals surface area contributed by atoms with Crippen LogP contribution in [0.5, 0.6) is 0 Å². The van der Waals surface area contributed by atoms with Crippen LogP contribution in [0.2, 0.25) is 5.02 Å². The largest absolute Gasteiger partial charge is 0.444 e. The van der Waals surface area contributed by atoms with Gasteiger partial charge in [0.2, 0.25) is 5.95 Å². The molecule has 1 aliphatic heterocycles. The second kappa shape index (κ2) is 13.3. The van der Waals surface area contributed by atoms with E-state index in [4.69, 9.17) is 21.3 Å². The first-order valence-corrected chi connectivity index (χ1v) is 18.9. The standard InChI is InChI=1S/C34H40ClN10O3P/c1-21-16-28(44-12-14-45(15-13-44)33(46)48-34(2,3)4)23(22-18-39-43(5)20-22)17-27(21)41-32-38-19-24(35)31(42-32)40-26-9-8-25-29(37-11-10-36-25)30(26)49(6,7)47/h8-11,16-20H,12-15H2,1-7H3,(H2,38,40,41,42). The van der Waals surface area contributed by atoms with Crippen molar-refractivity contribution in [2.24, 2.45) is 7.05 Å². The third-order valence-electron chi connectivity index (χ3n) is 8.03. The summed E-state index contributed by atoms with van der Waals surface area (Å²) in [5.41, 5.74) is 5.98. The summed E-state index contributed by atoms with van der Waals surface area (Å²) < 4.78 is 20.8. The smallest absolute Gasteiger partial charge is 0.410 e. The van der Waals surface area contributed by atoms with Gasteiger partial charge in [0.1, 0.15) is 23.3 Å². The van der Waals surface area contributed by atoms with Crippen LogP contribution in [-0.4, -0.2) is 85.8 Å². The quantitative estimate of drug-likeness (QED) is 0.178. The molecule has 3 aromatic heterocycles. The summed E-state index contributed by atoms with van der Waals surface area (Å²) in [5, 5.41) is 11.9. The first-order chi connectivity index (χ1) is 23.2. The number of hydrogen-bond acceptors (Lipinski definition) is 11. The molecular weight excluding hydrogens is 663 g/mol. The second-order valence-electron chi connectivity index (χ2n) is 13.4. The molecule has 0 unspecified atom stereocenters. The number of hydrogen-bond donors (Lipinski definition) is 2. The Hall–Kier alpha value is -4.74. The average Bonchev–Trinajstić information content (AvgIpc) is 3.47. The minimum Gasteiger partial charge on any atom is -0.444 e. The number of nitrogens with zero attached hydrogens (tertiary/aromatic N) is 8. The summed E-state index contributed by atoms with van der Waals surface area (Å²) >= 11 is 6.58. The lowest BCUT2D eigenvalue weighted by atomic mass is 10.0. The highest BCUT2D eigenvalue weighted by Gasteiger charge is 2.28. The number of piperazine rings is 1. The molecule has 4 heterocycles. The van der Waals surface area contributed by atoms with Crippen molar-refractivity contribution in [3.63, 3.8) is 0 Å². The monoisotopic (exact) mass is 702 g/mol. The number of anilines is 5. The van der Waals surface area contributed by atoms with Gasteiger partial charge in [-0.05, 0) is 70.9 Å². The molecule has 1 fully saturated rings. The molecule has 256 valence electrons. The highest BCUT2D eigenvalue weighted by Crippen LogP contribution is 2.42. The molecule has 0 bridgehead atoms. The zero-order chi connectivity index (χ0) is 35.1. The summed E-state index contributed by atoms with van der Waals surface area (Å²) in [4.78, 5) is 34.8. The van der Waals surface area contributed by atoms with E-state index >= 15 is 0 Å². The maximum atomic E-state index is 13.4. The molecule has 2 N–H and O–H groups in total. The van der Waals surface area contributed by atoms with Gasteiger partial charge in [0.15, 0.2) is 5.82 Å². The van der Waals surface area contributed by atoms with E-state index < -0.39 is 12.7 Å². The number of aromatic nitrogens is 6. The van der Waals surface area contributed by atoms with Crippen molar-refractivity contribution in [3.8, 4) is 11.1 Å². The predicted octanol–water partition coefficient (Wildman–Crippen LogP) is 6.57. The molecule has 1 amide bonds. The van der Waals surface area contributed by atoms with Crippen molar-refractivity contribution in [2.75, 3.05) is 55.0 Å². The van der Waals surface area contributed by atoms with E-state index in [1.54, 1.807) is 35.3 Å². The van der Waals surface area contributed by atoms with E-state index in [-0.39, 0.29) is 6.09 Å². The number of halogens is 1. The zero-order valence-corrected chi connectivity index (χ0v) is 30.3. The number of ether oxygens (including phenoxy) is 1. The van der Waals surface area contributed by atoms with Gasteiger partial charge in [-0.25, -0.2) is 9.78 Å². The Balaban J connectivity index is 1.29. The van der Waals surface area contributed by atoms with E-state index in [1.807, 2.05) is 59.3 Å². The molecule has 0 aliphatic carbocycles. The van der Waals surface area contributed by atoms with Gasteiger partial charge in [-0.3, -0.25) is 14.6 Å². The van der Waals surface area contributed by atoms with Crippen LogP contribution >= 0.6 is 18.7 Å². The summed E-state index contributed by atoms with van der Waals surface area (Å²) in [6.07, 6.45) is 8.23. The van der Waals surface area contributed by atoms with Crippen LogP contribution in [0.1, 0.15) is 26.3 Å². The number of aryl methyl sites for hydroxylation is 2. The fraction of sp³-hybridized carbons (Fsp3) is 0.353. The lowest BCUT2D eigenvalue weighted by Crippen LogP contribution is -2.50. The highest BCUT2D eigenvalue weighted by molar-refractivity contribution is 7.71. The van der Waals surface area contributed by atoms with E-state index in [0.717, 1.165) is 28.1 Å². The Morgan fingerprint density at radius 1 is 0.980 bits per heavy atom. The van der Waals surface area contributed by atoms with Crippen LogP contribution in [-0.2, 0) is 16.3 Å². The Labute approximate surface area is 290 Å². The topological polar surface area (TPSA) is 143 Å². The van der Waals surface area contributed by atoms with Crippen LogP contribution in [0.25, 0.3) is 22.2 Å². The van der Waals surface area contributed by atoms with Gasteiger partial charge in [-0.15, -0.1) is 0 Å². The average molecular weight is 703 g/mol. The molecule has 1 aliphatic rings. The SMILES string of the molecule is Cc1cc(N2CCN(C(=O)OC(C)(C)C)CC2)c(-c2cnn(C)c2)cc1Nc1ncc(Cl)c(Nc2ccc3nccnc3c2P(C)(C)=O)n1. The lowest BCUT2D eigenvalue weighted by Gasteiger charge is -2.37. The molecule has 13 nitrogen and oxygen atoms in total. The Morgan fingerprint density at radius 2 is 1.71 bits per heavy atom. The van der Waals surface area contributed by atoms with Crippen molar-refractivity contribution >= 4 is 70.0 Å². The Morgan fingerprint density at radius 3 is 2.39 bits per heavy atom. The third-order valence-corrected chi connectivity index (χ3v) is 9.83. The molecule has 0 saturated carbocycles. The summed E-state index contributed by atoms with van der Waals surface area (Å²) in [5.74, 6) is 0.672. The molecule has 0 atom stereocenters. The van der Waals surface area contributed by atoms with E-state index in [0.29, 0.717) is 65.0 Å². The van der Waals surface area contributed by atoms with Crippen LogP contribution < -0.4 is 20.8 Å². The number of benzene rings is 2. The minimum atomic E-state index is -2.80. The second-order valence-corrected chi connectivity index (χ2v) is 17.0. The first kappa shape index (κ1) is 34.1. The van der Waals surface area contributed by atoms with Crippen molar-refractivity contribution < 1.29 is 14.1 Å². The molecular formula is C34H40ClN10O3P. The van der Waals surface area contributed by atoms with E-state index in [2.05, 4.69) is 47.7 Å². The molecule has 2 aromatic carbocycles. The number of nitrogens with one attached hydrogen (secondary N) is 2. The van der Waals surface area contributed by atoms with Crippen molar-refractivity contribution in [2.45, 2.75) is 33.3 Å². The Kier molecular flexibility index (Phi) is 9.25. The van der Waals surface area contributed by atoms with Crippen LogP contribution in [0.15, 0.2) is 55.2 Å². The van der Waals surface area contributed by atoms with Crippen LogP contribution in [0.3, 0.4) is 0 Å². The summed E-state index contributed by atoms with van der Waals surface area (Å²) in [7, 11) is -0.912. The molecule has 15 heteroatoms. The van der Waals surface area contributed by atoms with E-state index in [1.165, 1.54) is 6.20 Å². The van der Waals surface area contributed by atoms with Gasteiger partial charge in [0, 0.05) is 74.3 Å². The normalized spacial score (nSPS) is 13.9. The Bertz CT molecular complexity index is 2080. The molecule has 6 rings (SSSR count). The van der Waals surface area contributed by atoms with Crippen molar-refractivity contribution in [1.29, 1.82) is 0 Å². The number of carbonyl (C=O) groups excluding carboxylic acids is 1. The first-order valence-electron chi connectivity index (χ1n) is 15.9. The van der Waals surface area contributed by atoms with Gasteiger partial charge in [0.05, 0.1) is 28.9 Å². The van der Waals surface area contributed by atoms with Crippen molar-refractivity contribution in [3.05, 3.63) is 65.8 Å². The minimum absolute atomic E-state index is 0.295. The van der Waals surface area contributed by atoms with Crippen molar-refractivity contribution in [1.82, 2.24) is 34.6 Å².